The third-order valence-corrected chi connectivity index (χ3v) is 4.02. The van der Waals surface area contributed by atoms with E-state index >= 15 is 0 Å². The van der Waals surface area contributed by atoms with Crippen molar-refractivity contribution in [3.63, 3.8) is 0 Å². The first kappa shape index (κ1) is 15.1. The van der Waals surface area contributed by atoms with E-state index in [0.717, 1.165) is 11.3 Å². The zero-order valence-corrected chi connectivity index (χ0v) is 13.0. The minimum atomic E-state index is -0.0828. The maximum absolute atomic E-state index is 12.5. The predicted molar refractivity (Wildman–Crippen MR) is 90.0 cm³/mol. The van der Waals surface area contributed by atoms with Crippen LogP contribution < -0.4 is 5.32 Å². The molecule has 0 bridgehead atoms. The van der Waals surface area contributed by atoms with Gasteiger partial charge in [-0.2, -0.15) is 5.26 Å². The van der Waals surface area contributed by atoms with Gasteiger partial charge >= 0.3 is 0 Å². The molecule has 2 aromatic carbocycles. The predicted octanol–water partition coefficient (Wildman–Crippen LogP) is 3.82. The van der Waals surface area contributed by atoms with Gasteiger partial charge in [0.1, 0.15) is 5.82 Å². The monoisotopic (exact) mass is 323 g/mol. The molecule has 0 aromatic heterocycles. The Kier molecular flexibility index (Phi) is 4.31. The molecule has 1 N–H and O–H groups in total. The Balaban J connectivity index is 1.87. The van der Waals surface area contributed by atoms with Gasteiger partial charge in [0.2, 0.25) is 0 Å². The number of allylic oxidation sites excluding steroid dienone is 1. The fourth-order valence-electron chi connectivity index (χ4n) is 2.56. The number of rotatable bonds is 3. The van der Waals surface area contributed by atoms with Crippen molar-refractivity contribution < 1.29 is 4.79 Å². The van der Waals surface area contributed by atoms with Crippen LogP contribution in [-0.4, -0.2) is 17.2 Å². The molecule has 1 aliphatic heterocycles. The fourth-order valence-corrected chi connectivity index (χ4v) is 2.80. The molecule has 2 aromatic rings. The number of ketones is 1. The largest absolute Gasteiger partial charge is 0.345 e. The molecule has 1 heterocycles. The molecule has 0 saturated carbocycles. The smallest absolute Gasteiger partial charge is 0.183 e. The second-order valence-corrected chi connectivity index (χ2v) is 5.61. The summed E-state index contributed by atoms with van der Waals surface area (Å²) in [6.45, 7) is 0.714. The molecule has 0 aliphatic carbocycles. The lowest BCUT2D eigenvalue weighted by molar-refractivity contribution is 0.0946. The van der Waals surface area contributed by atoms with Gasteiger partial charge in [0, 0.05) is 17.8 Å². The Hall–Kier alpha value is -2.77. The van der Waals surface area contributed by atoms with E-state index < -0.39 is 0 Å². The van der Waals surface area contributed by atoms with Crippen LogP contribution in [0.25, 0.3) is 0 Å². The maximum atomic E-state index is 12.5. The molecule has 3 rings (SSSR count). The van der Waals surface area contributed by atoms with Crippen LogP contribution in [0.15, 0.2) is 60.4 Å². The van der Waals surface area contributed by atoms with Crippen LogP contribution in [0.1, 0.15) is 15.9 Å². The highest BCUT2D eigenvalue weighted by molar-refractivity contribution is 6.34. The second-order valence-electron chi connectivity index (χ2n) is 5.20. The summed E-state index contributed by atoms with van der Waals surface area (Å²) in [7, 11) is 0. The zero-order valence-electron chi connectivity index (χ0n) is 12.3. The molecule has 0 amide bonds. The number of fused-ring (bicyclic) bond motifs is 1. The lowest BCUT2D eigenvalue weighted by Crippen LogP contribution is -2.35. The number of nitriles is 1. The van der Waals surface area contributed by atoms with Crippen molar-refractivity contribution in [2.45, 2.75) is 6.54 Å². The highest BCUT2D eigenvalue weighted by Crippen LogP contribution is 2.27. The minimum Gasteiger partial charge on any atom is -0.345 e. The van der Waals surface area contributed by atoms with Crippen LogP contribution in [0.2, 0.25) is 5.02 Å². The zero-order chi connectivity index (χ0) is 16.2. The van der Waals surface area contributed by atoms with Gasteiger partial charge < -0.3 is 10.2 Å². The number of nitrogens with one attached hydrogen (secondary N) is 1. The normalized spacial score (nSPS) is 14.8. The topological polar surface area (TPSA) is 56.1 Å². The molecule has 0 radical (unpaired) electrons. The number of carbonyl (C=O) groups excluding carboxylic acids is 1. The van der Waals surface area contributed by atoms with Gasteiger partial charge in [-0.15, -0.1) is 0 Å². The molecule has 1 aliphatic rings. The Morgan fingerprint density at radius 1 is 1.26 bits per heavy atom. The van der Waals surface area contributed by atoms with Gasteiger partial charge in [-0.25, -0.2) is 0 Å². The van der Waals surface area contributed by atoms with Crippen LogP contribution in [0.4, 0.5) is 5.69 Å². The van der Waals surface area contributed by atoms with Crippen molar-refractivity contribution in [2.75, 3.05) is 11.9 Å². The molecule has 4 nitrogen and oxygen atoms in total. The number of anilines is 1. The number of nitrogens with zero attached hydrogens (tertiary/aromatic N) is 2. The van der Waals surface area contributed by atoms with E-state index in [2.05, 4.69) is 5.32 Å². The highest BCUT2D eigenvalue weighted by atomic mass is 35.5. The van der Waals surface area contributed by atoms with Gasteiger partial charge in [0.15, 0.2) is 5.78 Å². The average molecular weight is 324 g/mol. The number of hydrogen-bond acceptors (Lipinski definition) is 4. The molecule has 0 atom stereocenters. The van der Waals surface area contributed by atoms with E-state index in [1.807, 2.05) is 35.2 Å². The van der Waals surface area contributed by atoms with Crippen molar-refractivity contribution in [2.24, 2.45) is 0 Å². The van der Waals surface area contributed by atoms with Crippen LogP contribution in [0.5, 0.6) is 0 Å². The molecule has 0 fully saturated rings. The van der Waals surface area contributed by atoms with Crippen molar-refractivity contribution in [3.05, 3.63) is 76.6 Å². The van der Waals surface area contributed by atoms with Gasteiger partial charge in [0.05, 0.1) is 23.7 Å². The van der Waals surface area contributed by atoms with Crippen molar-refractivity contribution >= 4 is 23.1 Å². The Morgan fingerprint density at radius 3 is 2.78 bits per heavy atom. The van der Waals surface area contributed by atoms with E-state index in [0.29, 0.717) is 23.0 Å². The Labute approximate surface area is 139 Å². The first-order valence-corrected chi connectivity index (χ1v) is 7.54. The average Bonchev–Trinajstić information content (AvgIpc) is 2.56. The third-order valence-electron chi connectivity index (χ3n) is 3.69. The Bertz CT molecular complexity index is 823. The molecular formula is C18H14ClN3O. The van der Waals surface area contributed by atoms with Gasteiger partial charge in [-0.05, 0) is 23.8 Å². The second kappa shape index (κ2) is 6.55. The molecule has 5 heteroatoms. The van der Waals surface area contributed by atoms with Crippen molar-refractivity contribution in [1.82, 2.24) is 4.90 Å². The minimum absolute atomic E-state index is 0.0828. The lowest BCUT2D eigenvalue weighted by atomic mass is 10.1. The number of Topliss-reactive ketones (excluding diaryl/α,β-unsaturated/α-hetero) is 1. The van der Waals surface area contributed by atoms with Crippen LogP contribution in [0, 0.1) is 11.3 Å². The summed E-state index contributed by atoms with van der Waals surface area (Å²) in [6, 6.07) is 16.8. The number of halogens is 1. The number of para-hydroxylation sites is 1. The van der Waals surface area contributed by atoms with Crippen LogP contribution >= 0.6 is 11.6 Å². The fraction of sp³-hybridized carbons (Fsp3) is 0.111. The summed E-state index contributed by atoms with van der Waals surface area (Å²) >= 11 is 6.09. The molecule has 114 valence electrons. The lowest BCUT2D eigenvalue weighted by Gasteiger charge is -2.33. The van der Waals surface area contributed by atoms with Gasteiger partial charge in [-0.3, -0.25) is 4.79 Å². The van der Waals surface area contributed by atoms with Crippen LogP contribution in [-0.2, 0) is 6.54 Å². The van der Waals surface area contributed by atoms with E-state index in [4.69, 9.17) is 16.9 Å². The maximum Gasteiger partial charge on any atom is 0.183 e. The van der Waals surface area contributed by atoms with Crippen molar-refractivity contribution in [1.29, 1.82) is 5.26 Å². The summed E-state index contributed by atoms with van der Waals surface area (Å²) < 4.78 is 0. The summed E-state index contributed by atoms with van der Waals surface area (Å²) in [4.78, 5) is 14.4. The van der Waals surface area contributed by atoms with Crippen molar-refractivity contribution in [3.8, 4) is 6.07 Å². The summed E-state index contributed by atoms with van der Waals surface area (Å²) in [6.07, 6.45) is 1.41. The molecule has 0 unspecified atom stereocenters. The van der Waals surface area contributed by atoms with Crippen LogP contribution in [0.3, 0.4) is 0 Å². The standard InChI is InChI=1S/C18H14ClN3O/c19-15-7-3-2-6-14(15)17(23)12-22-11-13-5-1-4-8-16(13)21-18(22)9-10-20/h1-9,21H,11-12H2/b18-9+. The molecular weight excluding hydrogens is 310 g/mol. The summed E-state index contributed by atoms with van der Waals surface area (Å²) in [5.41, 5.74) is 2.52. The number of carbonyl (C=O) groups is 1. The quantitative estimate of drug-likeness (QED) is 0.689. The van der Waals surface area contributed by atoms with E-state index in [-0.39, 0.29) is 12.3 Å². The van der Waals surface area contributed by atoms with E-state index in [1.54, 1.807) is 24.3 Å². The number of hydrogen-bond donors (Lipinski definition) is 1. The summed E-state index contributed by atoms with van der Waals surface area (Å²) in [5.74, 6) is 0.534. The third kappa shape index (κ3) is 3.20. The number of benzene rings is 2. The molecule has 0 spiro atoms. The first-order chi connectivity index (χ1) is 11.2. The van der Waals surface area contributed by atoms with E-state index in [1.165, 1.54) is 6.08 Å². The SMILES string of the molecule is N#C/C=C1\Nc2ccccc2CN1CC(=O)c1ccccc1Cl. The van der Waals surface area contributed by atoms with Gasteiger partial charge in [-0.1, -0.05) is 41.9 Å². The first-order valence-electron chi connectivity index (χ1n) is 7.16. The van der Waals surface area contributed by atoms with E-state index in [9.17, 15) is 4.79 Å². The van der Waals surface area contributed by atoms with Gasteiger partial charge in [0.25, 0.3) is 0 Å². The molecule has 23 heavy (non-hydrogen) atoms. The highest BCUT2D eigenvalue weighted by Gasteiger charge is 2.22. The Morgan fingerprint density at radius 2 is 2.00 bits per heavy atom. The summed E-state index contributed by atoms with van der Waals surface area (Å²) in [5, 5.41) is 12.6. The molecule has 0 saturated heterocycles.